The van der Waals surface area contributed by atoms with E-state index in [0.717, 1.165) is 10.2 Å². The average molecular weight is 272 g/mol. The second-order valence-electron chi connectivity index (χ2n) is 2.95. The van der Waals surface area contributed by atoms with Crippen LogP contribution in [0.2, 0.25) is 0 Å². The maximum absolute atomic E-state index is 6.39. The lowest BCUT2D eigenvalue weighted by molar-refractivity contribution is 0.657. The molecule has 1 aliphatic heterocycles. The van der Waals surface area contributed by atoms with Crippen molar-refractivity contribution in [1.82, 2.24) is 10.3 Å². The molecule has 0 saturated carbocycles. The Morgan fingerprint density at radius 2 is 2.36 bits per heavy atom. The van der Waals surface area contributed by atoms with Gasteiger partial charge in [-0.3, -0.25) is 4.98 Å². The SMILES string of the molecule is ClC1(c2cccnc2)C=CC=C(Br)N1. The number of rotatable bonds is 1. The molecule has 1 aliphatic rings. The largest absolute Gasteiger partial charge is 0.354 e. The highest BCUT2D eigenvalue weighted by Gasteiger charge is 2.28. The predicted molar refractivity (Wildman–Crippen MR) is 61.1 cm³/mol. The summed E-state index contributed by atoms with van der Waals surface area (Å²) >= 11 is 9.74. The topological polar surface area (TPSA) is 24.9 Å². The lowest BCUT2D eigenvalue weighted by Crippen LogP contribution is -2.34. The second-order valence-corrected chi connectivity index (χ2v) is 4.40. The fourth-order valence-corrected chi connectivity index (χ4v) is 2.13. The number of pyridine rings is 1. The number of aromatic nitrogens is 1. The molecule has 0 fully saturated rings. The number of hydrogen-bond donors (Lipinski definition) is 1. The van der Waals surface area contributed by atoms with Crippen LogP contribution in [-0.2, 0) is 5.00 Å². The van der Waals surface area contributed by atoms with Crippen LogP contribution in [0.5, 0.6) is 0 Å². The third-order valence-corrected chi connectivity index (χ3v) is 2.85. The van der Waals surface area contributed by atoms with Gasteiger partial charge in [0.15, 0.2) is 5.00 Å². The van der Waals surface area contributed by atoms with E-state index in [9.17, 15) is 0 Å². The lowest BCUT2D eigenvalue weighted by atomic mass is 10.1. The van der Waals surface area contributed by atoms with E-state index in [1.165, 1.54) is 0 Å². The molecule has 0 spiro atoms. The van der Waals surface area contributed by atoms with Crippen molar-refractivity contribution >= 4 is 27.5 Å². The third kappa shape index (κ3) is 1.83. The molecule has 1 N–H and O–H groups in total. The first-order chi connectivity index (χ1) is 6.71. The van der Waals surface area contributed by atoms with Gasteiger partial charge in [0.1, 0.15) is 0 Å². The van der Waals surface area contributed by atoms with Gasteiger partial charge in [-0.25, -0.2) is 0 Å². The normalized spacial score (nSPS) is 25.4. The molecule has 1 unspecified atom stereocenters. The van der Waals surface area contributed by atoms with E-state index >= 15 is 0 Å². The van der Waals surface area contributed by atoms with E-state index < -0.39 is 5.00 Å². The zero-order chi connectivity index (χ0) is 10.0. The Bertz CT molecular complexity index is 388. The molecule has 0 aliphatic carbocycles. The number of nitrogens with zero attached hydrogens (tertiary/aromatic N) is 1. The summed E-state index contributed by atoms with van der Waals surface area (Å²) in [6, 6.07) is 3.80. The maximum Gasteiger partial charge on any atom is 0.159 e. The van der Waals surface area contributed by atoms with Gasteiger partial charge in [-0.15, -0.1) is 0 Å². The smallest absolute Gasteiger partial charge is 0.159 e. The van der Waals surface area contributed by atoms with Gasteiger partial charge >= 0.3 is 0 Å². The number of hydrogen-bond acceptors (Lipinski definition) is 2. The predicted octanol–water partition coefficient (Wildman–Crippen LogP) is 2.87. The highest BCUT2D eigenvalue weighted by atomic mass is 79.9. The Balaban J connectivity index is 2.35. The number of nitrogens with one attached hydrogen (secondary N) is 1. The molecule has 0 bridgehead atoms. The van der Waals surface area contributed by atoms with E-state index in [1.54, 1.807) is 12.4 Å². The summed E-state index contributed by atoms with van der Waals surface area (Å²) in [4.78, 5) is 3.34. The summed E-state index contributed by atoms with van der Waals surface area (Å²) in [6.45, 7) is 0. The van der Waals surface area contributed by atoms with E-state index in [0.29, 0.717) is 0 Å². The molecule has 14 heavy (non-hydrogen) atoms. The summed E-state index contributed by atoms with van der Waals surface area (Å²) in [7, 11) is 0. The first-order valence-electron chi connectivity index (χ1n) is 4.13. The summed E-state index contributed by atoms with van der Waals surface area (Å²) < 4.78 is 0.860. The molecule has 72 valence electrons. The molecule has 0 radical (unpaired) electrons. The standard InChI is InChI=1S/C10H8BrClN2/c11-9-4-1-5-10(12,14-9)8-3-2-6-13-7-8/h1-7,14H. The van der Waals surface area contributed by atoms with Crippen LogP contribution in [0.4, 0.5) is 0 Å². The van der Waals surface area contributed by atoms with E-state index in [1.807, 2.05) is 30.4 Å². The van der Waals surface area contributed by atoms with E-state index in [2.05, 4.69) is 26.2 Å². The Labute approximate surface area is 95.8 Å². The van der Waals surface area contributed by atoms with Gasteiger partial charge in [-0.05, 0) is 34.1 Å². The molecule has 1 aromatic rings. The third-order valence-electron chi connectivity index (χ3n) is 1.95. The molecule has 1 aromatic heterocycles. The first kappa shape index (κ1) is 9.74. The van der Waals surface area contributed by atoms with Crippen molar-refractivity contribution in [2.75, 3.05) is 0 Å². The van der Waals surface area contributed by atoms with Gasteiger partial charge in [-0.2, -0.15) is 0 Å². The van der Waals surface area contributed by atoms with Crippen LogP contribution in [0, 0.1) is 0 Å². The average Bonchev–Trinajstić information content (AvgIpc) is 2.19. The van der Waals surface area contributed by atoms with E-state index in [-0.39, 0.29) is 0 Å². The molecule has 2 heterocycles. The van der Waals surface area contributed by atoms with Gasteiger partial charge in [0.05, 0.1) is 4.61 Å². The zero-order valence-electron chi connectivity index (χ0n) is 7.24. The number of dihydropyridines is 1. The quantitative estimate of drug-likeness (QED) is 0.627. The van der Waals surface area contributed by atoms with Crippen LogP contribution in [0.25, 0.3) is 0 Å². The van der Waals surface area contributed by atoms with Gasteiger partial charge < -0.3 is 5.32 Å². The van der Waals surface area contributed by atoms with Crippen LogP contribution in [0.15, 0.2) is 47.4 Å². The van der Waals surface area contributed by atoms with Crippen LogP contribution in [-0.4, -0.2) is 4.98 Å². The van der Waals surface area contributed by atoms with Gasteiger partial charge in [0.2, 0.25) is 0 Å². The van der Waals surface area contributed by atoms with Gasteiger partial charge in [0, 0.05) is 18.0 Å². The number of allylic oxidation sites excluding steroid dienone is 2. The molecule has 0 amide bonds. The van der Waals surface area contributed by atoms with Crippen molar-refractivity contribution < 1.29 is 0 Å². The van der Waals surface area contributed by atoms with Crippen molar-refractivity contribution in [2.45, 2.75) is 5.00 Å². The van der Waals surface area contributed by atoms with Crippen LogP contribution >= 0.6 is 27.5 Å². The highest BCUT2D eigenvalue weighted by Crippen LogP contribution is 2.31. The van der Waals surface area contributed by atoms with Crippen molar-refractivity contribution in [1.29, 1.82) is 0 Å². The molecular weight excluding hydrogens is 263 g/mol. The van der Waals surface area contributed by atoms with E-state index in [4.69, 9.17) is 11.6 Å². The summed E-state index contributed by atoms with van der Waals surface area (Å²) in [5.74, 6) is 0. The second kappa shape index (κ2) is 3.75. The molecule has 2 rings (SSSR count). The molecule has 4 heteroatoms. The lowest BCUT2D eigenvalue weighted by Gasteiger charge is -2.28. The van der Waals surface area contributed by atoms with Crippen molar-refractivity contribution in [3.8, 4) is 0 Å². The number of halogens is 2. The number of alkyl halides is 1. The zero-order valence-corrected chi connectivity index (χ0v) is 9.59. The molecule has 2 nitrogen and oxygen atoms in total. The minimum atomic E-state index is -0.693. The minimum Gasteiger partial charge on any atom is -0.354 e. The first-order valence-corrected chi connectivity index (χ1v) is 5.30. The Morgan fingerprint density at radius 1 is 1.50 bits per heavy atom. The Kier molecular flexibility index (Phi) is 2.61. The summed E-state index contributed by atoms with van der Waals surface area (Å²) in [6.07, 6.45) is 9.16. The fourth-order valence-electron chi connectivity index (χ4n) is 1.27. The van der Waals surface area contributed by atoms with Crippen molar-refractivity contribution in [3.63, 3.8) is 0 Å². The Hall–Kier alpha value is -0.800. The molecule has 1 atom stereocenters. The molecule has 0 saturated heterocycles. The van der Waals surface area contributed by atoms with Crippen LogP contribution in [0.3, 0.4) is 0 Å². The molecular formula is C10H8BrClN2. The minimum absolute atomic E-state index is 0.693. The highest BCUT2D eigenvalue weighted by molar-refractivity contribution is 9.11. The molecule has 0 aromatic carbocycles. The fraction of sp³-hybridized carbons (Fsp3) is 0.100. The van der Waals surface area contributed by atoms with Crippen molar-refractivity contribution in [3.05, 3.63) is 52.9 Å². The summed E-state index contributed by atoms with van der Waals surface area (Å²) in [5, 5.41) is 3.13. The van der Waals surface area contributed by atoms with Crippen LogP contribution < -0.4 is 5.32 Å². The van der Waals surface area contributed by atoms with Crippen LogP contribution in [0.1, 0.15) is 5.56 Å². The monoisotopic (exact) mass is 270 g/mol. The van der Waals surface area contributed by atoms with Crippen molar-refractivity contribution in [2.24, 2.45) is 0 Å². The maximum atomic E-state index is 6.39. The van der Waals surface area contributed by atoms with Gasteiger partial charge in [-0.1, -0.05) is 23.7 Å². The summed E-state index contributed by atoms with van der Waals surface area (Å²) in [5.41, 5.74) is 0.919. The Morgan fingerprint density at radius 3 is 3.00 bits per heavy atom. The van der Waals surface area contributed by atoms with Gasteiger partial charge in [0.25, 0.3) is 0 Å².